The average molecular weight is 404 g/mol. The maximum absolute atomic E-state index is 13.5. The lowest BCUT2D eigenvalue weighted by Gasteiger charge is -2.42. The number of likely N-dealkylation sites (tertiary alicyclic amines) is 1. The molecule has 0 saturated carbocycles. The van der Waals surface area contributed by atoms with Crippen molar-refractivity contribution in [3.63, 3.8) is 0 Å². The third-order valence-corrected chi connectivity index (χ3v) is 6.10. The van der Waals surface area contributed by atoms with Gasteiger partial charge in [-0.3, -0.25) is 9.59 Å². The predicted octanol–water partition coefficient (Wildman–Crippen LogP) is 2.38. The van der Waals surface area contributed by atoms with Gasteiger partial charge in [0.1, 0.15) is 11.9 Å². The van der Waals surface area contributed by atoms with Gasteiger partial charge in [0.25, 0.3) is 0 Å². The van der Waals surface area contributed by atoms with E-state index in [9.17, 15) is 9.59 Å². The zero-order chi connectivity index (χ0) is 21.0. The first-order valence-electron chi connectivity index (χ1n) is 11.2. The van der Waals surface area contributed by atoms with Crippen molar-refractivity contribution in [2.24, 2.45) is 11.8 Å². The van der Waals surface area contributed by atoms with Crippen LogP contribution in [-0.2, 0) is 9.59 Å². The lowest BCUT2D eigenvalue weighted by molar-refractivity contribution is -0.150. The quantitative estimate of drug-likeness (QED) is 0.732. The number of hydrogen-bond acceptors (Lipinski definition) is 4. The summed E-state index contributed by atoms with van der Waals surface area (Å²) in [5.74, 6) is 2.41. The van der Waals surface area contributed by atoms with Gasteiger partial charge in [-0.05, 0) is 37.5 Å². The SMILES string of the molecule is CC(C)CC(C(=O)N1CCC(c2ncc[nH]2)CC1)N1CCN[C@@H](CC(C)C)C1=O. The van der Waals surface area contributed by atoms with E-state index in [0.29, 0.717) is 24.3 Å². The number of nitrogens with zero attached hydrogens (tertiary/aromatic N) is 3. The Hall–Kier alpha value is -1.89. The molecule has 0 aromatic carbocycles. The highest BCUT2D eigenvalue weighted by Gasteiger charge is 2.39. The van der Waals surface area contributed by atoms with Gasteiger partial charge in [0.05, 0.1) is 6.04 Å². The smallest absolute Gasteiger partial charge is 0.245 e. The molecule has 162 valence electrons. The molecule has 2 fully saturated rings. The lowest BCUT2D eigenvalue weighted by atomic mass is 9.93. The molecule has 3 rings (SSSR count). The Bertz CT molecular complexity index is 665. The van der Waals surface area contributed by atoms with Gasteiger partial charge in [0.2, 0.25) is 11.8 Å². The minimum Gasteiger partial charge on any atom is -0.348 e. The monoisotopic (exact) mass is 403 g/mol. The summed E-state index contributed by atoms with van der Waals surface area (Å²) in [5.41, 5.74) is 0. The average Bonchev–Trinajstić information content (AvgIpc) is 3.22. The zero-order valence-corrected chi connectivity index (χ0v) is 18.4. The highest BCUT2D eigenvalue weighted by Crippen LogP contribution is 2.27. The van der Waals surface area contributed by atoms with Gasteiger partial charge in [-0.1, -0.05) is 27.7 Å². The number of carbonyl (C=O) groups excluding carboxylic acids is 2. The van der Waals surface area contributed by atoms with Crippen molar-refractivity contribution in [3.05, 3.63) is 18.2 Å². The minimum absolute atomic E-state index is 0.0921. The van der Waals surface area contributed by atoms with Crippen molar-refractivity contribution in [2.45, 2.75) is 71.4 Å². The summed E-state index contributed by atoms with van der Waals surface area (Å²) in [6.07, 6.45) is 7.01. The van der Waals surface area contributed by atoms with Crippen molar-refractivity contribution in [3.8, 4) is 0 Å². The maximum Gasteiger partial charge on any atom is 0.245 e. The fraction of sp³-hybridized carbons (Fsp3) is 0.773. The van der Waals surface area contributed by atoms with Gasteiger partial charge < -0.3 is 20.1 Å². The Balaban J connectivity index is 1.68. The van der Waals surface area contributed by atoms with Crippen molar-refractivity contribution in [1.82, 2.24) is 25.1 Å². The van der Waals surface area contributed by atoms with Crippen LogP contribution < -0.4 is 5.32 Å². The summed E-state index contributed by atoms with van der Waals surface area (Å²) in [7, 11) is 0. The molecule has 1 aromatic rings. The number of H-pyrrole nitrogens is 1. The summed E-state index contributed by atoms with van der Waals surface area (Å²) >= 11 is 0. The molecule has 2 aliphatic rings. The molecule has 0 spiro atoms. The third kappa shape index (κ3) is 5.38. The molecule has 2 amide bonds. The number of imidazole rings is 1. The van der Waals surface area contributed by atoms with E-state index in [0.717, 1.165) is 51.1 Å². The van der Waals surface area contributed by atoms with E-state index in [1.165, 1.54) is 0 Å². The van der Waals surface area contributed by atoms with Crippen LogP contribution in [0, 0.1) is 11.8 Å². The highest BCUT2D eigenvalue weighted by atomic mass is 16.2. The second-order valence-electron chi connectivity index (χ2n) is 9.39. The Morgan fingerprint density at radius 1 is 1.17 bits per heavy atom. The summed E-state index contributed by atoms with van der Waals surface area (Å²) < 4.78 is 0. The number of aromatic amines is 1. The molecule has 0 radical (unpaired) electrons. The van der Waals surface area contributed by atoms with E-state index >= 15 is 0 Å². The topological polar surface area (TPSA) is 81.3 Å². The number of piperidine rings is 1. The van der Waals surface area contributed by atoms with Crippen LogP contribution in [0.5, 0.6) is 0 Å². The van der Waals surface area contributed by atoms with Crippen molar-refractivity contribution in [1.29, 1.82) is 0 Å². The van der Waals surface area contributed by atoms with Crippen LogP contribution in [0.4, 0.5) is 0 Å². The van der Waals surface area contributed by atoms with E-state index in [-0.39, 0.29) is 23.9 Å². The van der Waals surface area contributed by atoms with Crippen LogP contribution in [0.2, 0.25) is 0 Å². The molecular formula is C22H37N5O2. The minimum atomic E-state index is -0.348. The van der Waals surface area contributed by atoms with Gasteiger partial charge in [0, 0.05) is 44.5 Å². The summed E-state index contributed by atoms with van der Waals surface area (Å²) in [5, 5.41) is 3.35. The molecule has 7 heteroatoms. The van der Waals surface area contributed by atoms with Gasteiger partial charge in [-0.25, -0.2) is 4.98 Å². The molecule has 0 bridgehead atoms. The molecular weight excluding hydrogens is 366 g/mol. The van der Waals surface area contributed by atoms with Gasteiger partial charge in [0.15, 0.2) is 0 Å². The van der Waals surface area contributed by atoms with Crippen LogP contribution in [0.25, 0.3) is 0 Å². The van der Waals surface area contributed by atoms with E-state index < -0.39 is 0 Å². The van der Waals surface area contributed by atoms with Gasteiger partial charge in [-0.2, -0.15) is 0 Å². The second kappa shape index (κ2) is 9.74. The van der Waals surface area contributed by atoms with Crippen molar-refractivity contribution < 1.29 is 9.59 Å². The van der Waals surface area contributed by atoms with Crippen LogP contribution >= 0.6 is 0 Å². The molecule has 2 N–H and O–H groups in total. The van der Waals surface area contributed by atoms with Gasteiger partial charge in [-0.15, -0.1) is 0 Å². The van der Waals surface area contributed by atoms with Crippen LogP contribution in [0.3, 0.4) is 0 Å². The third-order valence-electron chi connectivity index (χ3n) is 6.10. The standard InChI is InChI=1S/C22H37N5O2/c1-15(2)13-18-21(28)27(12-9-23-18)19(14-16(3)4)22(29)26-10-5-17(6-11-26)20-24-7-8-25-20/h7-8,15-19,23H,5-6,9-14H2,1-4H3,(H,24,25)/t18-,19?/m0/s1. The van der Waals surface area contributed by atoms with Gasteiger partial charge >= 0.3 is 0 Å². The summed E-state index contributed by atoms with van der Waals surface area (Å²) in [6, 6.07) is -0.518. The first-order chi connectivity index (χ1) is 13.9. The predicted molar refractivity (Wildman–Crippen MR) is 113 cm³/mol. The maximum atomic E-state index is 13.5. The fourth-order valence-electron chi connectivity index (χ4n) is 4.61. The molecule has 29 heavy (non-hydrogen) atoms. The van der Waals surface area contributed by atoms with E-state index in [1.54, 1.807) is 6.20 Å². The molecule has 2 saturated heterocycles. The second-order valence-corrected chi connectivity index (χ2v) is 9.39. The summed E-state index contributed by atoms with van der Waals surface area (Å²) in [6.45, 7) is 11.3. The number of piperazine rings is 1. The van der Waals surface area contributed by atoms with Crippen LogP contribution in [-0.4, -0.2) is 69.8 Å². The molecule has 3 heterocycles. The first kappa shape index (κ1) is 21.8. The highest BCUT2D eigenvalue weighted by molar-refractivity contribution is 5.90. The van der Waals surface area contributed by atoms with E-state index in [2.05, 4.69) is 43.0 Å². The largest absolute Gasteiger partial charge is 0.348 e. The normalized spacial score (nSPS) is 22.6. The number of amides is 2. The number of nitrogens with one attached hydrogen (secondary N) is 2. The zero-order valence-electron chi connectivity index (χ0n) is 18.4. The Morgan fingerprint density at radius 2 is 1.90 bits per heavy atom. The molecule has 2 aliphatic heterocycles. The van der Waals surface area contributed by atoms with Crippen LogP contribution in [0.1, 0.15) is 65.1 Å². The molecule has 1 aromatic heterocycles. The number of hydrogen-bond donors (Lipinski definition) is 2. The van der Waals surface area contributed by atoms with Crippen LogP contribution in [0.15, 0.2) is 12.4 Å². The van der Waals surface area contributed by atoms with Crippen molar-refractivity contribution >= 4 is 11.8 Å². The number of aromatic nitrogens is 2. The molecule has 0 aliphatic carbocycles. The summed E-state index contributed by atoms with van der Waals surface area (Å²) in [4.78, 5) is 38.1. The Labute approximate surface area is 174 Å². The van der Waals surface area contributed by atoms with Crippen molar-refractivity contribution in [2.75, 3.05) is 26.2 Å². The molecule has 7 nitrogen and oxygen atoms in total. The molecule has 1 unspecified atom stereocenters. The first-order valence-corrected chi connectivity index (χ1v) is 11.2. The number of carbonyl (C=O) groups is 2. The fourth-order valence-corrected chi connectivity index (χ4v) is 4.61. The van der Waals surface area contributed by atoms with E-state index in [1.807, 2.05) is 16.0 Å². The molecule has 2 atom stereocenters. The Morgan fingerprint density at radius 3 is 2.48 bits per heavy atom. The Kier molecular flexibility index (Phi) is 7.33. The van der Waals surface area contributed by atoms with E-state index in [4.69, 9.17) is 0 Å². The number of rotatable bonds is 7. The lowest BCUT2D eigenvalue weighted by Crippen LogP contribution is -2.62.